The van der Waals surface area contributed by atoms with E-state index in [0.717, 1.165) is 30.9 Å². The minimum Gasteiger partial charge on any atom is -0.338 e. The third-order valence-electron chi connectivity index (χ3n) is 5.77. The van der Waals surface area contributed by atoms with Crippen molar-refractivity contribution in [3.63, 3.8) is 0 Å². The predicted molar refractivity (Wildman–Crippen MR) is 92.4 cm³/mol. The molecule has 0 N–H and O–H groups in total. The van der Waals surface area contributed by atoms with Gasteiger partial charge in [0.15, 0.2) is 0 Å². The number of aryl methyl sites for hydroxylation is 1. The second kappa shape index (κ2) is 6.60. The summed E-state index contributed by atoms with van der Waals surface area (Å²) in [4.78, 5) is 21.7. The Hall–Kier alpha value is -1.42. The van der Waals surface area contributed by atoms with Crippen molar-refractivity contribution in [3.8, 4) is 0 Å². The molecule has 0 aromatic carbocycles. The predicted octanol–water partition coefficient (Wildman–Crippen LogP) is 2.97. The van der Waals surface area contributed by atoms with Gasteiger partial charge in [0.25, 0.3) is 5.91 Å². The molecule has 0 bridgehead atoms. The Kier molecular flexibility index (Phi) is 4.72. The van der Waals surface area contributed by atoms with E-state index >= 15 is 0 Å². The van der Waals surface area contributed by atoms with Gasteiger partial charge in [-0.1, -0.05) is 19.3 Å². The highest BCUT2D eigenvalue weighted by Crippen LogP contribution is 2.48. The van der Waals surface area contributed by atoms with Gasteiger partial charge in [-0.2, -0.15) is 0 Å². The summed E-state index contributed by atoms with van der Waals surface area (Å²) < 4.78 is 0. The SMILES string of the molecule is Cc1ncccc1C(=O)N1C[C@H](CN(C)C)C2(CCCCC2)C1. The minimum absolute atomic E-state index is 0.168. The highest BCUT2D eigenvalue weighted by molar-refractivity contribution is 5.95. The van der Waals surface area contributed by atoms with Crippen molar-refractivity contribution < 1.29 is 4.79 Å². The van der Waals surface area contributed by atoms with Gasteiger partial charge in [-0.15, -0.1) is 0 Å². The third-order valence-corrected chi connectivity index (χ3v) is 5.77. The maximum Gasteiger partial charge on any atom is 0.255 e. The molecule has 2 aliphatic rings. The molecule has 4 heteroatoms. The Labute approximate surface area is 139 Å². The Morgan fingerprint density at radius 2 is 2.09 bits per heavy atom. The van der Waals surface area contributed by atoms with Crippen molar-refractivity contribution in [2.45, 2.75) is 39.0 Å². The number of hydrogen-bond donors (Lipinski definition) is 0. The summed E-state index contributed by atoms with van der Waals surface area (Å²) in [5.74, 6) is 0.764. The van der Waals surface area contributed by atoms with Crippen LogP contribution in [0, 0.1) is 18.3 Å². The summed E-state index contributed by atoms with van der Waals surface area (Å²) in [5.41, 5.74) is 1.95. The minimum atomic E-state index is 0.168. The number of carbonyl (C=O) groups is 1. The van der Waals surface area contributed by atoms with Crippen LogP contribution in [0.4, 0.5) is 0 Å². The lowest BCUT2D eigenvalue weighted by Gasteiger charge is -2.39. The van der Waals surface area contributed by atoms with Crippen LogP contribution in [0.1, 0.15) is 48.2 Å². The van der Waals surface area contributed by atoms with E-state index in [1.807, 2.05) is 19.1 Å². The largest absolute Gasteiger partial charge is 0.338 e. The molecule has 1 aliphatic carbocycles. The fourth-order valence-corrected chi connectivity index (χ4v) is 4.58. The van der Waals surface area contributed by atoms with Crippen LogP contribution < -0.4 is 0 Å². The molecule has 1 aromatic rings. The van der Waals surface area contributed by atoms with Crippen LogP contribution in [0.2, 0.25) is 0 Å². The summed E-state index contributed by atoms with van der Waals surface area (Å²) in [6.07, 6.45) is 8.30. The van der Waals surface area contributed by atoms with Crippen LogP contribution in [0.25, 0.3) is 0 Å². The zero-order chi connectivity index (χ0) is 16.4. The van der Waals surface area contributed by atoms with Gasteiger partial charge in [0.1, 0.15) is 0 Å². The molecule has 23 heavy (non-hydrogen) atoms. The molecule has 0 unspecified atom stereocenters. The summed E-state index contributed by atoms with van der Waals surface area (Å²) >= 11 is 0. The van der Waals surface area contributed by atoms with Crippen LogP contribution in [0.5, 0.6) is 0 Å². The van der Waals surface area contributed by atoms with Crippen molar-refractivity contribution in [1.29, 1.82) is 0 Å². The first kappa shape index (κ1) is 16.4. The van der Waals surface area contributed by atoms with Crippen LogP contribution >= 0.6 is 0 Å². The van der Waals surface area contributed by atoms with Crippen LogP contribution in [-0.4, -0.2) is 54.4 Å². The monoisotopic (exact) mass is 315 g/mol. The molecule has 0 radical (unpaired) electrons. The van der Waals surface area contributed by atoms with Gasteiger partial charge in [-0.25, -0.2) is 0 Å². The van der Waals surface area contributed by atoms with Gasteiger partial charge in [0, 0.05) is 31.5 Å². The Balaban J connectivity index is 1.82. The zero-order valence-electron chi connectivity index (χ0n) is 14.7. The lowest BCUT2D eigenvalue weighted by Crippen LogP contribution is -2.38. The molecular formula is C19H29N3O. The molecule has 1 atom stereocenters. The van der Waals surface area contributed by atoms with Gasteiger partial charge >= 0.3 is 0 Å². The zero-order valence-corrected chi connectivity index (χ0v) is 14.7. The lowest BCUT2D eigenvalue weighted by molar-refractivity contribution is 0.0754. The number of pyridine rings is 1. The average Bonchev–Trinajstić information content (AvgIpc) is 2.85. The molecule has 1 aromatic heterocycles. The first-order valence-corrected chi connectivity index (χ1v) is 8.87. The molecule has 126 valence electrons. The smallest absolute Gasteiger partial charge is 0.255 e. The number of likely N-dealkylation sites (tertiary alicyclic amines) is 1. The Morgan fingerprint density at radius 1 is 1.35 bits per heavy atom. The molecule has 2 heterocycles. The summed E-state index contributed by atoms with van der Waals surface area (Å²) in [6, 6.07) is 3.78. The van der Waals surface area contributed by atoms with Crippen LogP contribution in [0.3, 0.4) is 0 Å². The molecule has 1 saturated heterocycles. The number of rotatable bonds is 3. The molecule has 1 amide bonds. The number of nitrogens with zero attached hydrogens (tertiary/aromatic N) is 3. The van der Waals surface area contributed by atoms with Crippen LogP contribution in [0.15, 0.2) is 18.3 Å². The van der Waals surface area contributed by atoms with Crippen molar-refractivity contribution in [1.82, 2.24) is 14.8 Å². The van der Waals surface area contributed by atoms with Crippen molar-refractivity contribution in [3.05, 3.63) is 29.6 Å². The highest BCUT2D eigenvalue weighted by Gasteiger charge is 2.48. The Morgan fingerprint density at radius 3 is 2.74 bits per heavy atom. The van der Waals surface area contributed by atoms with Crippen molar-refractivity contribution >= 4 is 5.91 Å². The maximum atomic E-state index is 13.0. The fraction of sp³-hybridized carbons (Fsp3) is 0.684. The third kappa shape index (κ3) is 3.27. The topological polar surface area (TPSA) is 36.4 Å². The van der Waals surface area contributed by atoms with Gasteiger partial charge in [-0.05, 0) is 57.3 Å². The van der Waals surface area contributed by atoms with E-state index in [0.29, 0.717) is 11.3 Å². The molecular weight excluding hydrogens is 286 g/mol. The number of amides is 1. The molecule has 1 aliphatic heterocycles. The quantitative estimate of drug-likeness (QED) is 0.860. The van der Waals surface area contributed by atoms with E-state index < -0.39 is 0 Å². The van der Waals surface area contributed by atoms with E-state index in [2.05, 4.69) is 28.9 Å². The van der Waals surface area contributed by atoms with E-state index in [1.165, 1.54) is 32.1 Å². The van der Waals surface area contributed by atoms with E-state index in [9.17, 15) is 4.79 Å². The van der Waals surface area contributed by atoms with Gasteiger partial charge in [0.05, 0.1) is 5.56 Å². The highest BCUT2D eigenvalue weighted by atomic mass is 16.2. The van der Waals surface area contributed by atoms with Crippen molar-refractivity contribution in [2.75, 3.05) is 33.7 Å². The molecule has 1 saturated carbocycles. The second-order valence-electron chi connectivity index (χ2n) is 7.70. The normalized spacial score (nSPS) is 23.7. The lowest BCUT2D eigenvalue weighted by atomic mass is 9.67. The number of carbonyl (C=O) groups excluding carboxylic acids is 1. The van der Waals surface area contributed by atoms with Gasteiger partial charge < -0.3 is 9.80 Å². The molecule has 4 nitrogen and oxygen atoms in total. The second-order valence-corrected chi connectivity index (χ2v) is 7.70. The van der Waals surface area contributed by atoms with E-state index in [1.54, 1.807) is 6.20 Å². The fourth-order valence-electron chi connectivity index (χ4n) is 4.58. The molecule has 2 fully saturated rings. The first-order valence-electron chi connectivity index (χ1n) is 8.87. The standard InChI is InChI=1S/C19H29N3O/c1-15-17(8-7-11-20-15)18(23)22-13-16(12-21(2)3)19(14-22)9-5-4-6-10-19/h7-8,11,16H,4-6,9-10,12-14H2,1-3H3/t16-/m0/s1. The van der Waals surface area contributed by atoms with Gasteiger partial charge in [-0.3, -0.25) is 9.78 Å². The van der Waals surface area contributed by atoms with Crippen LogP contribution in [-0.2, 0) is 0 Å². The van der Waals surface area contributed by atoms with Gasteiger partial charge in [0.2, 0.25) is 0 Å². The summed E-state index contributed by atoms with van der Waals surface area (Å²) in [7, 11) is 4.29. The average molecular weight is 315 g/mol. The summed E-state index contributed by atoms with van der Waals surface area (Å²) in [5, 5.41) is 0. The van der Waals surface area contributed by atoms with E-state index in [-0.39, 0.29) is 5.91 Å². The summed E-state index contributed by atoms with van der Waals surface area (Å²) in [6.45, 7) is 4.83. The number of aromatic nitrogens is 1. The maximum absolute atomic E-state index is 13.0. The first-order chi connectivity index (χ1) is 11.0. The number of hydrogen-bond acceptors (Lipinski definition) is 3. The van der Waals surface area contributed by atoms with E-state index in [4.69, 9.17) is 0 Å². The van der Waals surface area contributed by atoms with Crippen molar-refractivity contribution in [2.24, 2.45) is 11.3 Å². The Bertz CT molecular complexity index is 563. The molecule has 1 spiro atoms. The molecule has 3 rings (SSSR count).